The number of ketones is 1. The van der Waals surface area contributed by atoms with Crippen LogP contribution in [-0.2, 0) is 5.41 Å². The van der Waals surface area contributed by atoms with Gasteiger partial charge in [-0.1, -0.05) is 108 Å². The van der Waals surface area contributed by atoms with E-state index >= 15 is 0 Å². The van der Waals surface area contributed by atoms with Crippen molar-refractivity contribution in [1.82, 2.24) is 0 Å². The summed E-state index contributed by atoms with van der Waals surface area (Å²) in [6.07, 6.45) is 7.55. The van der Waals surface area contributed by atoms with Crippen LogP contribution >= 0.6 is 0 Å². The van der Waals surface area contributed by atoms with Gasteiger partial charge < -0.3 is 9.47 Å². The lowest BCUT2D eigenvalue weighted by Crippen LogP contribution is -2.30. The summed E-state index contributed by atoms with van der Waals surface area (Å²) in [5.41, 5.74) is 5.10. The summed E-state index contributed by atoms with van der Waals surface area (Å²) >= 11 is 0. The second kappa shape index (κ2) is 13.7. The van der Waals surface area contributed by atoms with E-state index in [4.69, 9.17) is 9.47 Å². The molecule has 1 aliphatic rings. The van der Waals surface area contributed by atoms with Gasteiger partial charge in [-0.2, -0.15) is 0 Å². The highest BCUT2D eigenvalue weighted by Crippen LogP contribution is 2.45. The van der Waals surface area contributed by atoms with Crippen LogP contribution in [0.3, 0.4) is 0 Å². The Morgan fingerprint density at radius 2 is 1.09 bits per heavy atom. The maximum atomic E-state index is 13.1. The zero-order valence-electron chi connectivity index (χ0n) is 28.3. The summed E-state index contributed by atoms with van der Waals surface area (Å²) in [6.45, 7) is 12.4. The SMILES string of the molecule is CCC(C)(C)Oc1ccc(C2(c3ccc(OC(=O)c4ccc(-c5ccc(C(=O)C(C)(C)CC)cc5)cc4)cc3)CCCCC2)cc1. The monoisotopic (exact) mass is 616 g/mol. The zero-order valence-corrected chi connectivity index (χ0v) is 28.3. The third-order valence-electron chi connectivity index (χ3n) is 10.1. The third kappa shape index (κ3) is 7.28. The smallest absolute Gasteiger partial charge is 0.343 e. The fraction of sp³-hybridized carbons (Fsp3) is 0.381. The summed E-state index contributed by atoms with van der Waals surface area (Å²) in [7, 11) is 0. The molecule has 4 aromatic carbocycles. The Hall–Kier alpha value is -4.18. The minimum Gasteiger partial charge on any atom is -0.488 e. The number of carbonyl (C=O) groups is 2. The van der Waals surface area contributed by atoms with Gasteiger partial charge in [0.2, 0.25) is 0 Å². The van der Waals surface area contributed by atoms with Gasteiger partial charge in [-0.15, -0.1) is 0 Å². The molecule has 0 amide bonds. The van der Waals surface area contributed by atoms with E-state index in [9.17, 15) is 9.59 Å². The van der Waals surface area contributed by atoms with Crippen molar-refractivity contribution in [1.29, 1.82) is 0 Å². The van der Waals surface area contributed by atoms with Gasteiger partial charge in [-0.25, -0.2) is 4.79 Å². The topological polar surface area (TPSA) is 52.6 Å². The van der Waals surface area contributed by atoms with Crippen molar-refractivity contribution in [3.8, 4) is 22.6 Å². The molecule has 0 N–H and O–H groups in total. The summed E-state index contributed by atoms with van der Waals surface area (Å²) < 4.78 is 12.0. The minimum atomic E-state index is -0.389. The third-order valence-corrected chi connectivity index (χ3v) is 10.1. The minimum absolute atomic E-state index is 0.0624. The number of esters is 1. The van der Waals surface area contributed by atoms with Crippen LogP contribution in [0, 0.1) is 5.41 Å². The number of ether oxygens (including phenoxy) is 2. The predicted octanol–water partition coefficient (Wildman–Crippen LogP) is 11.0. The first-order valence-corrected chi connectivity index (χ1v) is 16.8. The van der Waals surface area contributed by atoms with Crippen molar-refractivity contribution in [2.75, 3.05) is 0 Å². The number of rotatable bonds is 11. The molecule has 0 atom stereocenters. The van der Waals surface area contributed by atoms with E-state index < -0.39 is 0 Å². The van der Waals surface area contributed by atoms with Crippen LogP contribution < -0.4 is 9.47 Å². The molecule has 4 heteroatoms. The number of hydrogen-bond donors (Lipinski definition) is 0. The van der Waals surface area contributed by atoms with Crippen LogP contribution in [-0.4, -0.2) is 17.4 Å². The van der Waals surface area contributed by atoms with E-state index in [0.29, 0.717) is 11.3 Å². The van der Waals surface area contributed by atoms with Gasteiger partial charge in [0.1, 0.15) is 17.1 Å². The molecule has 0 radical (unpaired) electrons. The van der Waals surface area contributed by atoms with Crippen LogP contribution in [0.1, 0.15) is 118 Å². The standard InChI is InChI=1S/C42H48O4/c1-7-40(3,4)38(43)32-16-12-30(13-17-32)31-14-18-33(19-15-31)39(44)45-36-24-20-34(21-25-36)42(28-10-9-11-29-42)35-22-26-37(27-23-35)46-41(5,6)8-2/h12-27H,7-11,28-29H2,1-6H3. The molecule has 1 saturated carbocycles. The van der Waals surface area contributed by atoms with Crippen molar-refractivity contribution < 1.29 is 19.1 Å². The first-order chi connectivity index (χ1) is 22.0. The van der Waals surface area contributed by atoms with Crippen LogP contribution in [0.4, 0.5) is 0 Å². The molecular weight excluding hydrogens is 568 g/mol. The first kappa shape index (κ1) is 33.2. The Balaban J connectivity index is 1.27. The summed E-state index contributed by atoms with van der Waals surface area (Å²) in [5.74, 6) is 1.19. The molecule has 0 heterocycles. The number of hydrogen-bond acceptors (Lipinski definition) is 4. The summed E-state index contributed by atoms with van der Waals surface area (Å²) in [5, 5.41) is 0. The van der Waals surface area contributed by atoms with E-state index in [-0.39, 0.29) is 28.2 Å². The Bertz CT molecular complexity index is 1620. The lowest BCUT2D eigenvalue weighted by atomic mass is 9.65. The van der Waals surface area contributed by atoms with E-state index in [1.807, 2.05) is 69.3 Å². The number of Topliss-reactive ketones (excluding diaryl/α,β-unsaturated/α-hetero) is 1. The van der Waals surface area contributed by atoms with Crippen molar-refractivity contribution >= 4 is 11.8 Å². The van der Waals surface area contributed by atoms with Gasteiger partial charge in [0.05, 0.1) is 5.56 Å². The first-order valence-electron chi connectivity index (χ1n) is 16.8. The molecule has 0 saturated heterocycles. The van der Waals surface area contributed by atoms with Gasteiger partial charge in [-0.3, -0.25) is 4.79 Å². The van der Waals surface area contributed by atoms with Crippen molar-refractivity contribution in [2.45, 2.75) is 97.5 Å². The average Bonchev–Trinajstić information content (AvgIpc) is 3.09. The molecule has 5 rings (SSSR count). The fourth-order valence-corrected chi connectivity index (χ4v) is 6.30. The lowest BCUT2D eigenvalue weighted by Gasteiger charge is -2.39. The highest BCUT2D eigenvalue weighted by Gasteiger charge is 2.36. The molecule has 0 spiro atoms. The Morgan fingerprint density at radius 1 is 0.609 bits per heavy atom. The van der Waals surface area contributed by atoms with Gasteiger partial charge in [0, 0.05) is 16.4 Å². The zero-order chi connectivity index (χ0) is 33.0. The van der Waals surface area contributed by atoms with Crippen LogP contribution in [0.15, 0.2) is 97.1 Å². The van der Waals surface area contributed by atoms with Crippen LogP contribution in [0.5, 0.6) is 11.5 Å². The van der Waals surface area contributed by atoms with E-state index in [2.05, 4.69) is 57.2 Å². The lowest BCUT2D eigenvalue weighted by molar-refractivity contribution is 0.0734. The van der Waals surface area contributed by atoms with Crippen molar-refractivity contribution in [3.63, 3.8) is 0 Å². The van der Waals surface area contributed by atoms with E-state index in [1.54, 1.807) is 12.1 Å². The Morgan fingerprint density at radius 3 is 1.57 bits per heavy atom. The van der Waals surface area contributed by atoms with Gasteiger partial charge >= 0.3 is 5.97 Å². The highest BCUT2D eigenvalue weighted by molar-refractivity contribution is 6.00. The second-order valence-electron chi connectivity index (χ2n) is 14.0. The second-order valence-corrected chi connectivity index (χ2v) is 14.0. The van der Waals surface area contributed by atoms with Crippen molar-refractivity contribution in [2.24, 2.45) is 5.41 Å². The van der Waals surface area contributed by atoms with Crippen molar-refractivity contribution in [3.05, 3.63) is 119 Å². The Kier molecular flexibility index (Phi) is 9.86. The molecule has 1 aliphatic carbocycles. The molecule has 0 aromatic heterocycles. The van der Waals surface area contributed by atoms with Crippen LogP contribution in [0.2, 0.25) is 0 Å². The summed E-state index contributed by atoms with van der Waals surface area (Å²) in [4.78, 5) is 25.9. The molecule has 240 valence electrons. The normalized spacial score (nSPS) is 14.8. The van der Waals surface area contributed by atoms with Gasteiger partial charge in [0.25, 0.3) is 0 Å². The quantitative estimate of drug-likeness (QED) is 0.0956. The fourth-order valence-electron chi connectivity index (χ4n) is 6.30. The summed E-state index contributed by atoms with van der Waals surface area (Å²) in [6, 6.07) is 31.8. The van der Waals surface area contributed by atoms with E-state index in [1.165, 1.54) is 30.4 Å². The molecule has 4 aromatic rings. The maximum Gasteiger partial charge on any atom is 0.343 e. The number of benzene rings is 4. The Labute approximate surface area is 275 Å². The molecule has 4 nitrogen and oxygen atoms in total. The van der Waals surface area contributed by atoms with E-state index in [0.717, 1.165) is 48.1 Å². The highest BCUT2D eigenvalue weighted by atomic mass is 16.5. The molecule has 0 bridgehead atoms. The molecular formula is C42H48O4. The molecule has 46 heavy (non-hydrogen) atoms. The predicted molar refractivity (Wildman–Crippen MR) is 187 cm³/mol. The van der Waals surface area contributed by atoms with Crippen LogP contribution in [0.25, 0.3) is 11.1 Å². The average molecular weight is 617 g/mol. The van der Waals surface area contributed by atoms with Gasteiger partial charge in [0.15, 0.2) is 5.78 Å². The molecule has 0 unspecified atom stereocenters. The molecule has 0 aliphatic heterocycles. The maximum absolute atomic E-state index is 13.1. The number of carbonyl (C=O) groups excluding carboxylic acids is 2. The van der Waals surface area contributed by atoms with Gasteiger partial charge in [-0.05, 0) is 98.2 Å². The largest absolute Gasteiger partial charge is 0.488 e. The molecule has 1 fully saturated rings.